The summed E-state index contributed by atoms with van der Waals surface area (Å²) < 4.78 is 47.3. The molecule has 0 radical (unpaired) electrons. The van der Waals surface area contributed by atoms with Crippen LogP contribution in [0.1, 0.15) is 50.0 Å². The van der Waals surface area contributed by atoms with Crippen LogP contribution in [0.3, 0.4) is 0 Å². The van der Waals surface area contributed by atoms with E-state index in [1.807, 2.05) is 0 Å². The van der Waals surface area contributed by atoms with Crippen molar-refractivity contribution in [1.29, 1.82) is 0 Å². The van der Waals surface area contributed by atoms with Gasteiger partial charge in [0.05, 0.1) is 19.0 Å². The van der Waals surface area contributed by atoms with E-state index in [0.717, 1.165) is 5.69 Å². The molecule has 2 aromatic rings. The monoisotopic (exact) mass is 429 g/mol. The zero-order valence-corrected chi connectivity index (χ0v) is 16.2. The lowest BCUT2D eigenvalue weighted by Gasteiger charge is -2.18. The number of H-pyrrole nitrogens is 1. The summed E-state index contributed by atoms with van der Waals surface area (Å²) in [5.41, 5.74) is 0.780. The summed E-state index contributed by atoms with van der Waals surface area (Å²) in [6.45, 7) is 1.27. The third-order valence-corrected chi connectivity index (χ3v) is 4.68. The molecule has 2 amide bonds. The Kier molecular flexibility index (Phi) is 6.63. The first-order chi connectivity index (χ1) is 14.2. The molecule has 30 heavy (non-hydrogen) atoms. The van der Waals surface area contributed by atoms with Crippen molar-refractivity contribution in [3.8, 4) is 0 Å². The van der Waals surface area contributed by atoms with Crippen LogP contribution in [0.25, 0.3) is 0 Å². The minimum Gasteiger partial charge on any atom is -0.448 e. The lowest BCUT2D eigenvalue weighted by molar-refractivity contribution is -0.138. The first kappa shape index (κ1) is 21.7. The highest BCUT2D eigenvalue weighted by molar-refractivity contribution is 5.91. The number of nitrogens with zero attached hydrogens (tertiary/aromatic N) is 2. The van der Waals surface area contributed by atoms with Gasteiger partial charge in [0.2, 0.25) is 5.91 Å². The van der Waals surface area contributed by atoms with E-state index < -0.39 is 30.8 Å². The molecule has 0 spiro atoms. The maximum absolute atomic E-state index is 12.3. The first-order valence-corrected chi connectivity index (χ1v) is 9.44. The highest BCUT2D eigenvalue weighted by atomic mass is 19.4. The van der Waals surface area contributed by atoms with E-state index in [1.54, 1.807) is 6.07 Å². The lowest BCUT2D eigenvalue weighted by Crippen LogP contribution is -2.37. The van der Waals surface area contributed by atoms with Crippen molar-refractivity contribution in [1.82, 2.24) is 20.5 Å². The van der Waals surface area contributed by atoms with Gasteiger partial charge in [-0.05, 0) is 26.2 Å². The van der Waals surface area contributed by atoms with Crippen molar-refractivity contribution in [2.45, 2.75) is 63.3 Å². The fraction of sp³-hybridized carbons (Fsp3) is 0.556. The fourth-order valence-electron chi connectivity index (χ4n) is 3.40. The lowest BCUT2D eigenvalue weighted by atomic mass is 10.0. The fourth-order valence-corrected chi connectivity index (χ4v) is 3.40. The number of carbonyl (C=O) groups excluding carboxylic acids is 2. The smallest absolute Gasteiger partial charge is 0.407 e. The Bertz CT molecular complexity index is 852. The second kappa shape index (κ2) is 9.18. The van der Waals surface area contributed by atoms with Gasteiger partial charge in [-0.15, -0.1) is 0 Å². The van der Waals surface area contributed by atoms with Gasteiger partial charge in [0.1, 0.15) is 11.9 Å². The largest absolute Gasteiger partial charge is 0.448 e. The highest BCUT2D eigenvalue weighted by Gasteiger charge is 2.33. The van der Waals surface area contributed by atoms with Crippen LogP contribution in [-0.4, -0.2) is 45.5 Å². The molecule has 1 fully saturated rings. The molecule has 3 rings (SSSR count). The zero-order valence-electron chi connectivity index (χ0n) is 16.2. The van der Waals surface area contributed by atoms with Crippen LogP contribution in [0.2, 0.25) is 0 Å². The molecule has 0 aromatic carbocycles. The van der Waals surface area contributed by atoms with Crippen LogP contribution in [0.4, 0.5) is 23.8 Å². The topological polar surface area (TPSA) is 122 Å². The number of oxazole rings is 1. The van der Waals surface area contributed by atoms with E-state index >= 15 is 0 Å². The molecule has 0 saturated heterocycles. The number of anilines is 1. The average Bonchev–Trinajstić information content (AvgIpc) is 3.34. The number of amides is 2. The number of alkyl carbamates (subject to hydrolysis) is 1. The molecular formula is C18H22F3N5O4. The van der Waals surface area contributed by atoms with Crippen molar-refractivity contribution >= 4 is 17.8 Å². The second-order valence-electron chi connectivity index (χ2n) is 7.30. The van der Waals surface area contributed by atoms with Crippen LogP contribution in [-0.2, 0) is 16.0 Å². The molecule has 0 aliphatic heterocycles. The molecular weight excluding hydrogens is 407 g/mol. The molecule has 1 aliphatic rings. The number of hydrogen-bond acceptors (Lipinski definition) is 6. The van der Waals surface area contributed by atoms with E-state index in [9.17, 15) is 22.8 Å². The summed E-state index contributed by atoms with van der Waals surface area (Å²) in [6, 6.07) is 0.641. The van der Waals surface area contributed by atoms with Gasteiger partial charge in [-0.1, -0.05) is 0 Å². The molecule has 9 nitrogen and oxygen atoms in total. The Morgan fingerprint density at radius 1 is 1.40 bits per heavy atom. The second-order valence-corrected chi connectivity index (χ2v) is 7.30. The predicted octanol–water partition coefficient (Wildman–Crippen LogP) is 3.28. The third-order valence-electron chi connectivity index (χ3n) is 4.68. The molecule has 12 heteroatoms. The minimum absolute atomic E-state index is 0.0304. The van der Waals surface area contributed by atoms with Gasteiger partial charge >= 0.3 is 12.3 Å². The third kappa shape index (κ3) is 6.49. The number of alkyl halides is 3. The normalized spacial score (nSPS) is 20.0. The number of aromatic nitrogens is 3. The quantitative estimate of drug-likeness (QED) is 0.621. The van der Waals surface area contributed by atoms with Crippen molar-refractivity contribution < 1.29 is 31.9 Å². The molecule has 3 atom stereocenters. The van der Waals surface area contributed by atoms with Gasteiger partial charge in [-0.2, -0.15) is 18.3 Å². The van der Waals surface area contributed by atoms with Crippen LogP contribution in [0.5, 0.6) is 0 Å². The van der Waals surface area contributed by atoms with Crippen LogP contribution >= 0.6 is 0 Å². The van der Waals surface area contributed by atoms with E-state index in [-0.39, 0.29) is 18.2 Å². The molecule has 2 aromatic heterocycles. The van der Waals surface area contributed by atoms with Gasteiger partial charge < -0.3 is 19.8 Å². The number of aromatic amines is 1. The number of carbonyl (C=O) groups is 2. The zero-order chi connectivity index (χ0) is 21.7. The van der Waals surface area contributed by atoms with E-state index in [1.165, 1.54) is 19.5 Å². The highest BCUT2D eigenvalue weighted by Crippen LogP contribution is 2.36. The molecule has 3 N–H and O–H groups in total. The van der Waals surface area contributed by atoms with Gasteiger partial charge in [0.15, 0.2) is 12.2 Å². The molecule has 2 unspecified atom stereocenters. The Morgan fingerprint density at radius 3 is 2.90 bits per heavy atom. The first-order valence-electron chi connectivity index (χ1n) is 9.44. The van der Waals surface area contributed by atoms with Crippen molar-refractivity contribution in [2.24, 2.45) is 0 Å². The summed E-state index contributed by atoms with van der Waals surface area (Å²) in [7, 11) is 0. The van der Waals surface area contributed by atoms with E-state index in [0.29, 0.717) is 30.8 Å². The molecule has 164 valence electrons. The Morgan fingerprint density at radius 2 is 2.20 bits per heavy atom. The standard InChI is InChI=1S/C18H22F3N5O4/c1-10(7-18(19,20)21)23-17(28)30-12-3-2-11(4-12)14-6-15(26-25-14)24-16(27)5-13-8-22-9-29-13/h6,8-12H,2-5,7H2,1H3,(H,23,28)(H2,24,25,26,27)/t10?,11-,12?/m0/s1. The number of halogens is 3. The summed E-state index contributed by atoms with van der Waals surface area (Å²) in [4.78, 5) is 27.5. The van der Waals surface area contributed by atoms with Gasteiger partial charge in [-0.3, -0.25) is 9.89 Å². The van der Waals surface area contributed by atoms with Gasteiger partial charge in [0, 0.05) is 23.7 Å². The van der Waals surface area contributed by atoms with Gasteiger partial charge in [-0.25, -0.2) is 9.78 Å². The Labute approximate surface area is 169 Å². The van der Waals surface area contributed by atoms with Crippen molar-refractivity contribution in [3.05, 3.63) is 30.1 Å². The number of ether oxygens (including phenoxy) is 1. The van der Waals surface area contributed by atoms with Crippen molar-refractivity contribution in [2.75, 3.05) is 5.32 Å². The maximum atomic E-state index is 12.3. The molecule has 2 heterocycles. The minimum atomic E-state index is -4.35. The Hall–Kier alpha value is -3.05. The van der Waals surface area contributed by atoms with Gasteiger partial charge in [0.25, 0.3) is 0 Å². The molecule has 0 bridgehead atoms. The van der Waals surface area contributed by atoms with Crippen molar-refractivity contribution in [3.63, 3.8) is 0 Å². The van der Waals surface area contributed by atoms with E-state index in [4.69, 9.17) is 9.15 Å². The van der Waals surface area contributed by atoms with E-state index in [2.05, 4.69) is 25.8 Å². The van der Waals surface area contributed by atoms with Crippen LogP contribution < -0.4 is 10.6 Å². The predicted molar refractivity (Wildman–Crippen MR) is 97.6 cm³/mol. The summed E-state index contributed by atoms with van der Waals surface area (Å²) in [5, 5.41) is 11.8. The summed E-state index contributed by atoms with van der Waals surface area (Å²) >= 11 is 0. The number of hydrogen-bond donors (Lipinski definition) is 3. The summed E-state index contributed by atoms with van der Waals surface area (Å²) in [5.74, 6) is 0.518. The average molecular weight is 429 g/mol. The summed E-state index contributed by atoms with van der Waals surface area (Å²) in [6.07, 6.45) is -2.20. The van der Waals surface area contributed by atoms with Crippen LogP contribution in [0.15, 0.2) is 23.1 Å². The number of nitrogens with one attached hydrogen (secondary N) is 3. The molecule has 1 saturated carbocycles. The maximum Gasteiger partial charge on any atom is 0.407 e. The number of rotatable bonds is 7. The van der Waals surface area contributed by atoms with Crippen LogP contribution in [0, 0.1) is 0 Å². The Balaban J connectivity index is 1.44. The molecule has 1 aliphatic carbocycles. The SMILES string of the molecule is CC(CC(F)(F)F)NC(=O)OC1CC[C@H](c2cc(NC(=O)Cc3cnco3)n[nH]2)C1.